The fourth-order valence-electron chi connectivity index (χ4n) is 1.93. The minimum atomic E-state index is -0.459. The molecular formula is C14H13N7O2. The van der Waals surface area contributed by atoms with Gasteiger partial charge in [0, 0.05) is 30.4 Å². The summed E-state index contributed by atoms with van der Waals surface area (Å²) in [5.74, 6) is 0.467. The number of hydrogen-bond donors (Lipinski definition) is 3. The third kappa shape index (κ3) is 3.28. The normalized spacial score (nSPS) is 11.9. The average molecular weight is 311 g/mol. The van der Waals surface area contributed by atoms with Crippen molar-refractivity contribution in [1.29, 1.82) is 0 Å². The van der Waals surface area contributed by atoms with Gasteiger partial charge in [0.1, 0.15) is 0 Å². The Bertz CT molecular complexity index is 855. The maximum atomic E-state index is 12.1. The van der Waals surface area contributed by atoms with E-state index >= 15 is 0 Å². The van der Waals surface area contributed by atoms with Gasteiger partial charge in [-0.3, -0.25) is 14.8 Å². The lowest BCUT2D eigenvalue weighted by atomic mass is 10.2. The molecule has 0 fully saturated rings. The molecule has 0 saturated heterocycles. The minimum absolute atomic E-state index is 0.308. The standard InChI is InChI=1S/C14H13N7O2/c1-8(11-19-14(23)21-20-11)18-13(22)10-6-16-12(17-7-10)9-3-2-4-15-5-9/h2-8H,1H3,(H,18,22)(H2,19,20,21,23). The number of hydrogen-bond acceptors (Lipinski definition) is 6. The van der Waals surface area contributed by atoms with E-state index in [2.05, 4.69) is 35.5 Å². The highest BCUT2D eigenvalue weighted by molar-refractivity contribution is 5.93. The molecule has 1 unspecified atom stereocenters. The molecule has 0 saturated carbocycles. The molecule has 1 atom stereocenters. The van der Waals surface area contributed by atoms with Crippen molar-refractivity contribution in [3.8, 4) is 11.4 Å². The van der Waals surface area contributed by atoms with Gasteiger partial charge in [0.05, 0.1) is 11.6 Å². The zero-order chi connectivity index (χ0) is 16.2. The Balaban J connectivity index is 1.72. The highest BCUT2D eigenvalue weighted by atomic mass is 16.2. The first-order valence-corrected chi connectivity index (χ1v) is 6.81. The van der Waals surface area contributed by atoms with Crippen molar-refractivity contribution in [2.45, 2.75) is 13.0 Å². The highest BCUT2D eigenvalue weighted by Crippen LogP contribution is 2.12. The van der Waals surface area contributed by atoms with Crippen LogP contribution in [0.5, 0.6) is 0 Å². The van der Waals surface area contributed by atoms with Crippen LogP contribution in [0.1, 0.15) is 29.1 Å². The lowest BCUT2D eigenvalue weighted by Gasteiger charge is -2.10. The number of H-pyrrole nitrogens is 2. The van der Waals surface area contributed by atoms with Crippen molar-refractivity contribution < 1.29 is 4.79 Å². The van der Waals surface area contributed by atoms with Crippen LogP contribution < -0.4 is 11.0 Å². The Morgan fingerprint density at radius 2 is 2.04 bits per heavy atom. The maximum absolute atomic E-state index is 12.1. The van der Waals surface area contributed by atoms with Crippen molar-refractivity contribution in [2.75, 3.05) is 0 Å². The van der Waals surface area contributed by atoms with E-state index in [4.69, 9.17) is 0 Å². The quantitative estimate of drug-likeness (QED) is 0.641. The summed E-state index contributed by atoms with van der Waals surface area (Å²) < 4.78 is 0. The number of carbonyl (C=O) groups is 1. The van der Waals surface area contributed by atoms with E-state index in [9.17, 15) is 9.59 Å². The molecule has 0 aliphatic carbocycles. The Kier molecular flexibility index (Phi) is 3.91. The predicted octanol–water partition coefficient (Wildman–Crippen LogP) is 0.441. The van der Waals surface area contributed by atoms with E-state index in [1.165, 1.54) is 12.4 Å². The smallest absolute Gasteiger partial charge is 0.340 e. The second-order valence-corrected chi connectivity index (χ2v) is 4.80. The van der Waals surface area contributed by atoms with E-state index in [-0.39, 0.29) is 5.91 Å². The summed E-state index contributed by atoms with van der Waals surface area (Å²) in [6.45, 7) is 1.70. The van der Waals surface area contributed by atoms with Crippen LogP contribution in [0.4, 0.5) is 0 Å². The fraction of sp³-hybridized carbons (Fsp3) is 0.143. The number of pyridine rings is 1. The number of aromatic amines is 2. The zero-order valence-electron chi connectivity index (χ0n) is 12.1. The molecule has 0 bridgehead atoms. The van der Waals surface area contributed by atoms with Gasteiger partial charge in [0.15, 0.2) is 11.6 Å². The summed E-state index contributed by atoms with van der Waals surface area (Å²) in [7, 11) is 0. The van der Waals surface area contributed by atoms with Gasteiger partial charge < -0.3 is 5.32 Å². The second-order valence-electron chi connectivity index (χ2n) is 4.80. The third-order valence-electron chi connectivity index (χ3n) is 3.11. The summed E-state index contributed by atoms with van der Waals surface area (Å²) >= 11 is 0. The molecule has 0 aromatic carbocycles. The Morgan fingerprint density at radius 3 is 2.65 bits per heavy atom. The summed E-state index contributed by atoms with van der Waals surface area (Å²) in [5.41, 5.74) is 0.648. The lowest BCUT2D eigenvalue weighted by molar-refractivity contribution is 0.0937. The molecule has 9 nitrogen and oxygen atoms in total. The van der Waals surface area contributed by atoms with Gasteiger partial charge in [-0.1, -0.05) is 0 Å². The average Bonchev–Trinajstić information content (AvgIpc) is 3.02. The van der Waals surface area contributed by atoms with Crippen molar-refractivity contribution in [1.82, 2.24) is 35.5 Å². The maximum Gasteiger partial charge on any atom is 0.340 e. The van der Waals surface area contributed by atoms with Gasteiger partial charge in [0.25, 0.3) is 5.91 Å². The molecule has 116 valence electrons. The SMILES string of the molecule is CC(NC(=O)c1cnc(-c2cccnc2)nc1)c1n[nH]c(=O)[nH]1. The van der Waals surface area contributed by atoms with Gasteiger partial charge in [-0.15, -0.1) is 0 Å². The first-order chi connectivity index (χ1) is 11.1. The van der Waals surface area contributed by atoms with E-state index in [0.29, 0.717) is 17.2 Å². The first-order valence-electron chi connectivity index (χ1n) is 6.81. The number of aromatic nitrogens is 6. The molecular weight excluding hydrogens is 298 g/mol. The van der Waals surface area contributed by atoms with Gasteiger partial charge in [-0.2, -0.15) is 5.10 Å². The van der Waals surface area contributed by atoms with E-state index in [1.807, 2.05) is 6.07 Å². The molecule has 0 aliphatic heterocycles. The van der Waals surface area contributed by atoms with Crippen LogP contribution in [-0.2, 0) is 0 Å². The number of amides is 1. The Hall–Kier alpha value is -3.36. The fourth-order valence-corrected chi connectivity index (χ4v) is 1.93. The Labute approximate surface area is 130 Å². The zero-order valence-corrected chi connectivity index (χ0v) is 12.1. The molecule has 3 aromatic heterocycles. The molecule has 0 spiro atoms. The number of carbonyl (C=O) groups excluding carboxylic acids is 1. The lowest BCUT2D eigenvalue weighted by Crippen LogP contribution is -2.27. The van der Waals surface area contributed by atoms with Crippen molar-refractivity contribution >= 4 is 5.91 Å². The van der Waals surface area contributed by atoms with E-state index in [0.717, 1.165) is 5.56 Å². The molecule has 3 heterocycles. The molecule has 23 heavy (non-hydrogen) atoms. The molecule has 3 aromatic rings. The molecule has 3 rings (SSSR count). The van der Waals surface area contributed by atoms with E-state index < -0.39 is 11.7 Å². The molecule has 9 heteroatoms. The van der Waals surface area contributed by atoms with Crippen molar-refractivity contribution in [2.24, 2.45) is 0 Å². The highest BCUT2D eigenvalue weighted by Gasteiger charge is 2.15. The van der Waals surface area contributed by atoms with Crippen LogP contribution in [-0.4, -0.2) is 36.0 Å². The van der Waals surface area contributed by atoms with Crippen LogP contribution in [0.15, 0.2) is 41.7 Å². The van der Waals surface area contributed by atoms with Gasteiger partial charge in [0.2, 0.25) is 0 Å². The second kappa shape index (κ2) is 6.18. The van der Waals surface area contributed by atoms with Crippen LogP contribution in [0.2, 0.25) is 0 Å². The van der Waals surface area contributed by atoms with Gasteiger partial charge in [-0.05, 0) is 19.1 Å². The monoisotopic (exact) mass is 311 g/mol. The number of rotatable bonds is 4. The largest absolute Gasteiger partial charge is 0.342 e. The first kappa shape index (κ1) is 14.6. The third-order valence-corrected chi connectivity index (χ3v) is 3.11. The van der Waals surface area contributed by atoms with Gasteiger partial charge >= 0.3 is 5.69 Å². The van der Waals surface area contributed by atoms with Crippen molar-refractivity contribution in [3.05, 3.63) is 58.8 Å². The number of nitrogens with one attached hydrogen (secondary N) is 3. The predicted molar refractivity (Wildman–Crippen MR) is 80.4 cm³/mol. The summed E-state index contributed by atoms with van der Waals surface area (Å²) in [4.78, 5) is 38.0. The topological polar surface area (TPSA) is 129 Å². The molecule has 1 amide bonds. The molecule has 0 radical (unpaired) electrons. The molecule has 0 aliphatic rings. The van der Waals surface area contributed by atoms with Crippen LogP contribution >= 0.6 is 0 Å². The minimum Gasteiger partial charge on any atom is -0.342 e. The summed E-state index contributed by atoms with van der Waals surface area (Å²) in [5, 5.41) is 8.72. The summed E-state index contributed by atoms with van der Waals surface area (Å²) in [6, 6.07) is 3.16. The number of nitrogens with zero attached hydrogens (tertiary/aromatic N) is 4. The van der Waals surface area contributed by atoms with Crippen LogP contribution in [0.25, 0.3) is 11.4 Å². The van der Waals surface area contributed by atoms with Gasteiger partial charge in [-0.25, -0.2) is 19.9 Å². The van der Waals surface area contributed by atoms with Crippen molar-refractivity contribution in [3.63, 3.8) is 0 Å². The van der Waals surface area contributed by atoms with Crippen LogP contribution in [0, 0.1) is 0 Å². The Morgan fingerprint density at radius 1 is 1.26 bits per heavy atom. The van der Waals surface area contributed by atoms with Crippen LogP contribution in [0.3, 0.4) is 0 Å². The molecule has 3 N–H and O–H groups in total. The summed E-state index contributed by atoms with van der Waals surface area (Å²) in [6.07, 6.45) is 6.17. The van der Waals surface area contributed by atoms with E-state index in [1.54, 1.807) is 25.4 Å².